The van der Waals surface area contributed by atoms with Gasteiger partial charge in [0.2, 0.25) is 5.82 Å². The average molecular weight is 341 g/mol. The lowest BCUT2D eigenvalue weighted by atomic mass is 10.1. The number of anilines is 1. The van der Waals surface area contributed by atoms with Crippen LogP contribution in [0.3, 0.4) is 0 Å². The number of carbonyl (C=O) groups is 1. The van der Waals surface area contributed by atoms with Crippen LogP contribution in [-0.4, -0.2) is 19.9 Å². The summed E-state index contributed by atoms with van der Waals surface area (Å²) in [6, 6.07) is 6.28. The Morgan fingerprint density at radius 2 is 1.29 bits per heavy atom. The average Bonchev–Trinajstić information content (AvgIpc) is 2.58. The van der Waals surface area contributed by atoms with Gasteiger partial charge >= 0.3 is 0 Å². The molecule has 2 rings (SSSR count). The zero-order valence-corrected chi connectivity index (χ0v) is 12.7. The van der Waals surface area contributed by atoms with Crippen molar-refractivity contribution in [2.45, 2.75) is 0 Å². The Labute approximate surface area is 134 Å². The molecule has 0 amide bonds. The van der Waals surface area contributed by atoms with Crippen LogP contribution in [0.5, 0.6) is 0 Å². The molecule has 0 aromatic heterocycles. The molecule has 0 aliphatic carbocycles. The molecular formula is C17H12F5NO. The van der Waals surface area contributed by atoms with Crippen LogP contribution in [0.2, 0.25) is 0 Å². The topological polar surface area (TPSA) is 20.3 Å². The first-order chi connectivity index (χ1) is 11.2. The van der Waals surface area contributed by atoms with Gasteiger partial charge in [-0.1, -0.05) is 0 Å². The van der Waals surface area contributed by atoms with Gasteiger partial charge in [-0.05, 0) is 36.4 Å². The summed E-state index contributed by atoms with van der Waals surface area (Å²) in [5.41, 5.74) is -0.124. The fourth-order valence-electron chi connectivity index (χ4n) is 1.95. The van der Waals surface area contributed by atoms with Crippen molar-refractivity contribution in [3.8, 4) is 0 Å². The second-order valence-corrected chi connectivity index (χ2v) is 5.12. The minimum Gasteiger partial charge on any atom is -0.378 e. The monoisotopic (exact) mass is 341 g/mol. The van der Waals surface area contributed by atoms with Crippen molar-refractivity contribution in [3.63, 3.8) is 0 Å². The Kier molecular flexibility index (Phi) is 5.02. The van der Waals surface area contributed by atoms with Gasteiger partial charge in [-0.15, -0.1) is 0 Å². The maximum absolute atomic E-state index is 13.5. The molecule has 0 N–H and O–H groups in total. The fourth-order valence-corrected chi connectivity index (χ4v) is 1.95. The molecule has 2 nitrogen and oxygen atoms in total. The van der Waals surface area contributed by atoms with Gasteiger partial charge in [-0.2, -0.15) is 0 Å². The van der Waals surface area contributed by atoms with Gasteiger partial charge in [0.1, 0.15) is 0 Å². The molecule has 2 aromatic carbocycles. The number of allylic oxidation sites excluding steroid dienone is 1. The van der Waals surface area contributed by atoms with E-state index in [-0.39, 0.29) is 5.56 Å². The number of nitrogens with zero attached hydrogens (tertiary/aromatic N) is 1. The van der Waals surface area contributed by atoms with Gasteiger partial charge in [0.25, 0.3) is 0 Å². The summed E-state index contributed by atoms with van der Waals surface area (Å²) in [5.74, 6) is -11.0. The third-order valence-electron chi connectivity index (χ3n) is 3.31. The third-order valence-corrected chi connectivity index (χ3v) is 3.31. The molecule has 0 aliphatic heterocycles. The fraction of sp³-hybridized carbons (Fsp3) is 0.118. The normalized spacial score (nSPS) is 11.1. The zero-order valence-electron chi connectivity index (χ0n) is 12.7. The first kappa shape index (κ1) is 17.7. The van der Waals surface area contributed by atoms with E-state index in [2.05, 4.69) is 0 Å². The molecule has 0 bridgehead atoms. The first-order valence-corrected chi connectivity index (χ1v) is 6.75. The number of ketones is 1. The molecule has 0 saturated heterocycles. The third kappa shape index (κ3) is 3.29. The Morgan fingerprint density at radius 1 is 0.833 bits per heavy atom. The first-order valence-electron chi connectivity index (χ1n) is 6.75. The van der Waals surface area contributed by atoms with E-state index in [9.17, 15) is 26.7 Å². The molecule has 2 aromatic rings. The number of halogens is 5. The Hall–Kier alpha value is -2.70. The van der Waals surface area contributed by atoms with Crippen LogP contribution < -0.4 is 4.90 Å². The van der Waals surface area contributed by atoms with E-state index in [1.54, 1.807) is 31.1 Å². The van der Waals surface area contributed by atoms with E-state index >= 15 is 0 Å². The minimum atomic E-state index is -2.24. The standard InChI is InChI=1S/C17H12F5NO/c1-23(2)10-5-3-9(4-6-10)12(24)8-7-11-13(18)15(20)17(22)16(21)14(11)19/h3-8H,1-2H3/b8-7+. The molecule has 0 heterocycles. The lowest BCUT2D eigenvalue weighted by Gasteiger charge is -2.11. The number of benzene rings is 2. The molecule has 0 fully saturated rings. The van der Waals surface area contributed by atoms with Crippen molar-refractivity contribution in [2.24, 2.45) is 0 Å². The maximum Gasteiger partial charge on any atom is 0.200 e. The highest BCUT2D eigenvalue weighted by molar-refractivity contribution is 6.07. The lowest BCUT2D eigenvalue weighted by molar-refractivity contribution is 0.104. The van der Waals surface area contributed by atoms with Crippen molar-refractivity contribution in [1.29, 1.82) is 0 Å². The highest BCUT2D eigenvalue weighted by Crippen LogP contribution is 2.24. The van der Waals surface area contributed by atoms with E-state index in [0.717, 1.165) is 11.8 Å². The lowest BCUT2D eigenvalue weighted by Crippen LogP contribution is -2.08. The van der Waals surface area contributed by atoms with Gasteiger partial charge in [0.15, 0.2) is 29.1 Å². The Morgan fingerprint density at radius 3 is 1.75 bits per heavy atom. The van der Waals surface area contributed by atoms with Crippen molar-refractivity contribution in [3.05, 3.63) is 70.6 Å². The van der Waals surface area contributed by atoms with Crippen molar-refractivity contribution in [1.82, 2.24) is 0 Å². The van der Waals surface area contributed by atoms with Gasteiger partial charge in [0.05, 0.1) is 5.56 Å². The maximum atomic E-state index is 13.5. The molecule has 0 unspecified atom stereocenters. The predicted molar refractivity (Wildman–Crippen MR) is 80.4 cm³/mol. The number of carbonyl (C=O) groups excluding carboxylic acids is 1. The van der Waals surface area contributed by atoms with E-state index in [0.29, 0.717) is 6.08 Å². The second-order valence-electron chi connectivity index (χ2n) is 5.12. The molecule has 0 atom stereocenters. The van der Waals surface area contributed by atoms with E-state index in [4.69, 9.17) is 0 Å². The minimum absolute atomic E-state index is 0.209. The van der Waals surface area contributed by atoms with Crippen LogP contribution >= 0.6 is 0 Å². The molecule has 0 radical (unpaired) electrons. The molecule has 0 saturated carbocycles. The predicted octanol–water partition coefficient (Wildman–Crippen LogP) is 4.34. The number of hydrogen-bond acceptors (Lipinski definition) is 2. The molecule has 0 spiro atoms. The van der Waals surface area contributed by atoms with Gasteiger partial charge in [-0.3, -0.25) is 4.79 Å². The smallest absolute Gasteiger partial charge is 0.200 e. The summed E-state index contributed by atoms with van der Waals surface area (Å²) < 4.78 is 66.1. The summed E-state index contributed by atoms with van der Waals surface area (Å²) in [4.78, 5) is 13.8. The van der Waals surface area contributed by atoms with E-state index in [1.807, 2.05) is 0 Å². The summed E-state index contributed by atoms with van der Waals surface area (Å²) in [7, 11) is 3.61. The van der Waals surface area contributed by atoms with Gasteiger partial charge < -0.3 is 4.90 Å². The van der Waals surface area contributed by atoms with Crippen LogP contribution in [-0.2, 0) is 0 Å². The highest BCUT2D eigenvalue weighted by atomic mass is 19.2. The molecule has 24 heavy (non-hydrogen) atoms. The zero-order chi connectivity index (χ0) is 18.0. The molecular weight excluding hydrogens is 329 g/mol. The second kappa shape index (κ2) is 6.82. The van der Waals surface area contributed by atoms with Crippen LogP contribution in [0.15, 0.2) is 30.3 Å². The molecule has 7 heteroatoms. The van der Waals surface area contributed by atoms with Crippen LogP contribution in [0.4, 0.5) is 27.6 Å². The van der Waals surface area contributed by atoms with E-state index in [1.165, 1.54) is 12.1 Å². The van der Waals surface area contributed by atoms with Crippen molar-refractivity contribution >= 4 is 17.5 Å². The SMILES string of the molecule is CN(C)c1ccc(C(=O)/C=C/c2c(F)c(F)c(F)c(F)c2F)cc1. The van der Waals surface area contributed by atoms with Gasteiger partial charge in [-0.25, -0.2) is 22.0 Å². The van der Waals surface area contributed by atoms with Gasteiger partial charge in [0, 0.05) is 25.3 Å². The summed E-state index contributed by atoms with van der Waals surface area (Å²) in [6.45, 7) is 0. The van der Waals surface area contributed by atoms with Crippen molar-refractivity contribution < 1.29 is 26.7 Å². The number of rotatable bonds is 4. The molecule has 0 aliphatic rings. The summed E-state index contributed by atoms with van der Waals surface area (Å²) in [6.07, 6.45) is 1.32. The Balaban J connectivity index is 2.33. The Bertz CT molecular complexity index is 784. The number of hydrogen-bond donors (Lipinski definition) is 0. The van der Waals surface area contributed by atoms with E-state index < -0.39 is 40.4 Å². The van der Waals surface area contributed by atoms with Crippen LogP contribution in [0.1, 0.15) is 15.9 Å². The van der Waals surface area contributed by atoms with Crippen molar-refractivity contribution in [2.75, 3.05) is 19.0 Å². The highest BCUT2D eigenvalue weighted by Gasteiger charge is 2.24. The summed E-state index contributed by atoms with van der Waals surface area (Å²) >= 11 is 0. The molecule has 126 valence electrons. The van der Waals surface area contributed by atoms with Crippen LogP contribution in [0, 0.1) is 29.1 Å². The quantitative estimate of drug-likeness (QED) is 0.271. The van der Waals surface area contributed by atoms with Crippen LogP contribution in [0.25, 0.3) is 6.08 Å². The summed E-state index contributed by atoms with van der Waals surface area (Å²) in [5, 5.41) is 0. The largest absolute Gasteiger partial charge is 0.378 e.